The first-order chi connectivity index (χ1) is 11.5. The second-order valence-electron chi connectivity index (χ2n) is 5.56. The third-order valence-corrected chi connectivity index (χ3v) is 5.74. The highest BCUT2D eigenvalue weighted by molar-refractivity contribution is 7.89. The van der Waals surface area contributed by atoms with Gasteiger partial charge in [-0.1, -0.05) is 41.9 Å². The van der Waals surface area contributed by atoms with Gasteiger partial charge in [-0.25, -0.2) is 13.1 Å². The summed E-state index contributed by atoms with van der Waals surface area (Å²) >= 11 is 5.95. The van der Waals surface area contributed by atoms with Crippen LogP contribution in [0.25, 0.3) is 10.8 Å². The van der Waals surface area contributed by atoms with E-state index in [0.717, 1.165) is 16.5 Å². The summed E-state index contributed by atoms with van der Waals surface area (Å²) in [6.45, 7) is 2.83. The van der Waals surface area contributed by atoms with Crippen LogP contribution in [0.2, 0.25) is 5.02 Å². The topological polar surface area (TPSA) is 64.0 Å². The number of fused-ring (bicyclic) bond motifs is 1. The van der Waals surface area contributed by atoms with Gasteiger partial charge < -0.3 is 0 Å². The number of rotatable bonds is 6. The number of aromatic nitrogens is 2. The lowest BCUT2D eigenvalue weighted by Crippen LogP contribution is -2.25. The van der Waals surface area contributed by atoms with Crippen molar-refractivity contribution in [2.45, 2.75) is 24.8 Å². The third-order valence-electron chi connectivity index (χ3n) is 3.91. The standard InChI is InChI=1S/C17H18ClN3O2S/c1-13-17(18)12-19-21(13)10-4-9-20-24(22,23)16-8-7-14-5-2-3-6-15(14)11-16/h2-3,5-8,11-12,20H,4,9-10H2,1H3. The minimum Gasteiger partial charge on any atom is -0.268 e. The molecule has 0 saturated heterocycles. The SMILES string of the molecule is Cc1c(Cl)cnn1CCCNS(=O)(=O)c1ccc2ccccc2c1. The Labute approximate surface area is 146 Å². The van der Waals surface area contributed by atoms with Crippen molar-refractivity contribution in [1.82, 2.24) is 14.5 Å². The summed E-state index contributed by atoms with van der Waals surface area (Å²) in [5.74, 6) is 0. The maximum Gasteiger partial charge on any atom is 0.240 e. The fourth-order valence-corrected chi connectivity index (χ4v) is 3.75. The molecule has 0 aliphatic carbocycles. The first kappa shape index (κ1) is 17.0. The van der Waals surface area contributed by atoms with Gasteiger partial charge in [-0.15, -0.1) is 0 Å². The number of aryl methyl sites for hydroxylation is 1. The highest BCUT2D eigenvalue weighted by Crippen LogP contribution is 2.19. The molecule has 0 bridgehead atoms. The Balaban J connectivity index is 1.63. The molecule has 0 fully saturated rings. The number of sulfonamides is 1. The zero-order chi connectivity index (χ0) is 17.2. The molecular formula is C17H18ClN3O2S. The van der Waals surface area contributed by atoms with E-state index in [1.807, 2.05) is 37.3 Å². The van der Waals surface area contributed by atoms with E-state index in [4.69, 9.17) is 11.6 Å². The van der Waals surface area contributed by atoms with Crippen molar-refractivity contribution >= 4 is 32.4 Å². The van der Waals surface area contributed by atoms with Gasteiger partial charge >= 0.3 is 0 Å². The van der Waals surface area contributed by atoms with Gasteiger partial charge in [0.2, 0.25) is 10.0 Å². The highest BCUT2D eigenvalue weighted by atomic mass is 35.5. The third kappa shape index (κ3) is 3.61. The van der Waals surface area contributed by atoms with E-state index >= 15 is 0 Å². The van der Waals surface area contributed by atoms with Crippen LogP contribution in [0.4, 0.5) is 0 Å². The van der Waals surface area contributed by atoms with Crippen molar-refractivity contribution in [2.75, 3.05) is 6.54 Å². The predicted octanol–water partition coefficient (Wildman–Crippen LogP) is 3.37. The van der Waals surface area contributed by atoms with Crippen molar-refractivity contribution < 1.29 is 8.42 Å². The van der Waals surface area contributed by atoms with Crippen LogP contribution in [0.5, 0.6) is 0 Å². The summed E-state index contributed by atoms with van der Waals surface area (Å²) in [6, 6.07) is 12.8. The molecule has 0 aliphatic rings. The van der Waals surface area contributed by atoms with Crippen LogP contribution in [0.3, 0.4) is 0 Å². The summed E-state index contributed by atoms with van der Waals surface area (Å²) in [4.78, 5) is 0.277. The Hall–Kier alpha value is -1.89. The Morgan fingerprint density at radius 2 is 1.92 bits per heavy atom. The van der Waals surface area contributed by atoms with Crippen LogP contribution in [0, 0.1) is 6.92 Å². The second-order valence-corrected chi connectivity index (χ2v) is 7.74. The number of nitrogens with one attached hydrogen (secondary N) is 1. The van der Waals surface area contributed by atoms with Gasteiger partial charge in [-0.2, -0.15) is 5.10 Å². The van der Waals surface area contributed by atoms with Crippen molar-refractivity contribution in [3.05, 3.63) is 59.4 Å². The monoisotopic (exact) mass is 363 g/mol. The van der Waals surface area contributed by atoms with Gasteiger partial charge in [0.1, 0.15) is 0 Å². The molecule has 0 spiro atoms. The zero-order valence-electron chi connectivity index (χ0n) is 13.2. The molecule has 0 saturated carbocycles. The van der Waals surface area contributed by atoms with E-state index < -0.39 is 10.0 Å². The van der Waals surface area contributed by atoms with Crippen LogP contribution >= 0.6 is 11.6 Å². The fraction of sp³-hybridized carbons (Fsp3) is 0.235. The molecular weight excluding hydrogens is 346 g/mol. The molecule has 24 heavy (non-hydrogen) atoms. The summed E-state index contributed by atoms with van der Waals surface area (Å²) in [5, 5.41) is 6.69. The lowest BCUT2D eigenvalue weighted by Gasteiger charge is -2.09. The van der Waals surface area contributed by atoms with Gasteiger partial charge in [0.25, 0.3) is 0 Å². The predicted molar refractivity (Wildman–Crippen MR) is 95.7 cm³/mol. The second kappa shape index (κ2) is 6.93. The van der Waals surface area contributed by atoms with Crippen molar-refractivity contribution in [2.24, 2.45) is 0 Å². The Morgan fingerprint density at radius 3 is 2.62 bits per heavy atom. The summed E-state index contributed by atoms with van der Waals surface area (Å²) in [5.41, 5.74) is 0.883. The Kier molecular flexibility index (Phi) is 4.89. The minimum absolute atomic E-state index is 0.277. The van der Waals surface area contributed by atoms with Gasteiger partial charge in [0.15, 0.2) is 0 Å². The van der Waals surface area contributed by atoms with Crippen molar-refractivity contribution in [3.8, 4) is 0 Å². The molecule has 0 unspecified atom stereocenters. The fourth-order valence-electron chi connectivity index (χ4n) is 2.50. The van der Waals surface area contributed by atoms with Crippen LogP contribution in [-0.2, 0) is 16.6 Å². The summed E-state index contributed by atoms with van der Waals surface area (Å²) < 4.78 is 29.2. The number of halogens is 1. The normalized spacial score (nSPS) is 11.9. The summed E-state index contributed by atoms with van der Waals surface area (Å²) in [6.07, 6.45) is 2.22. The zero-order valence-corrected chi connectivity index (χ0v) is 14.8. The molecule has 1 N–H and O–H groups in total. The van der Waals surface area contributed by atoms with Crippen molar-refractivity contribution in [3.63, 3.8) is 0 Å². The van der Waals surface area contributed by atoms with E-state index in [0.29, 0.717) is 24.5 Å². The van der Waals surface area contributed by atoms with Crippen LogP contribution in [-0.4, -0.2) is 24.7 Å². The van der Waals surface area contributed by atoms with E-state index in [1.165, 1.54) is 0 Å². The average Bonchev–Trinajstić information content (AvgIpc) is 2.90. The smallest absolute Gasteiger partial charge is 0.240 e. The molecule has 0 aliphatic heterocycles. The van der Waals surface area contributed by atoms with Gasteiger partial charge in [0, 0.05) is 13.1 Å². The van der Waals surface area contributed by atoms with Gasteiger partial charge in [0.05, 0.1) is 21.8 Å². The number of hydrogen-bond donors (Lipinski definition) is 1. The maximum absolute atomic E-state index is 12.4. The molecule has 5 nitrogen and oxygen atoms in total. The Morgan fingerprint density at radius 1 is 1.17 bits per heavy atom. The molecule has 3 aromatic rings. The van der Waals surface area contributed by atoms with Crippen LogP contribution in [0.15, 0.2) is 53.6 Å². The van der Waals surface area contributed by atoms with Crippen LogP contribution in [0.1, 0.15) is 12.1 Å². The molecule has 0 atom stereocenters. The molecule has 7 heteroatoms. The largest absolute Gasteiger partial charge is 0.268 e. The van der Waals surface area contributed by atoms with E-state index in [-0.39, 0.29) is 4.90 Å². The molecule has 0 amide bonds. The highest BCUT2D eigenvalue weighted by Gasteiger charge is 2.14. The molecule has 1 heterocycles. The first-order valence-electron chi connectivity index (χ1n) is 7.64. The van der Waals surface area contributed by atoms with Gasteiger partial charge in [-0.3, -0.25) is 4.68 Å². The van der Waals surface area contributed by atoms with Gasteiger partial charge in [-0.05, 0) is 36.2 Å². The Bertz CT molecular complexity index is 967. The van der Waals surface area contributed by atoms with Crippen LogP contribution < -0.4 is 4.72 Å². The quantitative estimate of drug-likeness (QED) is 0.683. The molecule has 1 aromatic heterocycles. The first-order valence-corrected chi connectivity index (χ1v) is 9.50. The number of nitrogens with zero attached hydrogens (tertiary/aromatic N) is 2. The average molecular weight is 364 g/mol. The maximum atomic E-state index is 12.4. The van der Waals surface area contributed by atoms with Crippen molar-refractivity contribution in [1.29, 1.82) is 0 Å². The molecule has 2 aromatic carbocycles. The lowest BCUT2D eigenvalue weighted by atomic mass is 10.1. The summed E-state index contributed by atoms with van der Waals surface area (Å²) in [7, 11) is -3.52. The van der Waals surface area contributed by atoms with E-state index in [1.54, 1.807) is 23.0 Å². The molecule has 0 radical (unpaired) electrons. The number of benzene rings is 2. The molecule has 3 rings (SSSR count). The van der Waals surface area contributed by atoms with E-state index in [9.17, 15) is 8.42 Å². The number of hydrogen-bond acceptors (Lipinski definition) is 3. The van der Waals surface area contributed by atoms with E-state index in [2.05, 4.69) is 9.82 Å². The minimum atomic E-state index is -3.52. The molecule has 126 valence electrons. The lowest BCUT2D eigenvalue weighted by molar-refractivity contribution is 0.546.